The molecule has 0 aliphatic rings. The van der Waals surface area contributed by atoms with Crippen LogP contribution in [0.15, 0.2) is 24.3 Å². The van der Waals surface area contributed by atoms with Crippen LogP contribution in [0.25, 0.3) is 0 Å². The van der Waals surface area contributed by atoms with Crippen molar-refractivity contribution in [2.45, 2.75) is 6.54 Å². The first-order valence-corrected chi connectivity index (χ1v) is 5.25. The van der Waals surface area contributed by atoms with Gasteiger partial charge in [0.25, 0.3) is 0 Å². The van der Waals surface area contributed by atoms with Crippen LogP contribution >= 0.6 is 12.2 Å². The van der Waals surface area contributed by atoms with E-state index in [1.54, 1.807) is 7.11 Å². The van der Waals surface area contributed by atoms with Crippen molar-refractivity contribution in [3.05, 3.63) is 29.8 Å². The zero-order valence-electron chi connectivity index (χ0n) is 9.12. The van der Waals surface area contributed by atoms with Crippen LogP contribution in [0.4, 0.5) is 0 Å². The molecule has 0 unspecified atom stereocenters. The van der Waals surface area contributed by atoms with E-state index in [4.69, 9.17) is 23.4 Å². The number of thiocarbonyl (C=S) groups is 1. The maximum absolute atomic E-state index is 5.10. The molecule has 0 saturated heterocycles. The van der Waals surface area contributed by atoms with E-state index in [1.807, 2.05) is 24.3 Å². The van der Waals surface area contributed by atoms with Gasteiger partial charge in [0.15, 0.2) is 5.11 Å². The Morgan fingerprint density at radius 3 is 2.62 bits per heavy atom. The maximum Gasteiger partial charge on any atom is 0.167 e. The van der Waals surface area contributed by atoms with Crippen LogP contribution in [0, 0.1) is 12.3 Å². The van der Waals surface area contributed by atoms with Gasteiger partial charge in [-0.25, -0.2) is 0 Å². The minimum atomic E-state index is 0.439. The summed E-state index contributed by atoms with van der Waals surface area (Å²) in [5, 5.41) is 6.50. The minimum Gasteiger partial charge on any atom is -0.497 e. The summed E-state index contributed by atoms with van der Waals surface area (Å²) in [5.41, 5.74) is 1.13. The molecule has 0 saturated carbocycles. The lowest BCUT2D eigenvalue weighted by molar-refractivity contribution is 0.414. The number of ether oxygens (including phenoxy) is 1. The van der Waals surface area contributed by atoms with Gasteiger partial charge in [-0.2, -0.15) is 0 Å². The van der Waals surface area contributed by atoms with Crippen LogP contribution in [-0.2, 0) is 6.54 Å². The predicted octanol–water partition coefficient (Wildman–Crippen LogP) is 1.29. The van der Waals surface area contributed by atoms with Gasteiger partial charge in [0.2, 0.25) is 0 Å². The zero-order valence-corrected chi connectivity index (χ0v) is 9.93. The maximum atomic E-state index is 5.10. The standard InChI is InChI=1S/C12H14N2OS/c1-3-8-13-12(16)14-9-10-4-6-11(15-2)7-5-10/h1,4-7H,8-9H2,2H3,(H2,13,14,16). The second-order valence-corrected chi connectivity index (χ2v) is 3.50. The molecule has 16 heavy (non-hydrogen) atoms. The molecule has 0 aliphatic heterocycles. The molecule has 4 heteroatoms. The van der Waals surface area contributed by atoms with E-state index in [9.17, 15) is 0 Å². The van der Waals surface area contributed by atoms with Crippen LogP contribution in [0.2, 0.25) is 0 Å². The Morgan fingerprint density at radius 1 is 1.38 bits per heavy atom. The predicted molar refractivity (Wildman–Crippen MR) is 69.3 cm³/mol. The van der Waals surface area contributed by atoms with E-state index < -0.39 is 0 Å². The number of nitrogens with one attached hydrogen (secondary N) is 2. The van der Waals surface area contributed by atoms with Gasteiger partial charge in [-0.05, 0) is 29.9 Å². The molecule has 3 nitrogen and oxygen atoms in total. The summed E-state index contributed by atoms with van der Waals surface area (Å²) in [7, 11) is 1.64. The average molecular weight is 234 g/mol. The topological polar surface area (TPSA) is 33.3 Å². The van der Waals surface area contributed by atoms with Crippen molar-refractivity contribution in [3.8, 4) is 18.1 Å². The fraction of sp³-hybridized carbons (Fsp3) is 0.250. The molecule has 0 spiro atoms. The number of hydrogen-bond acceptors (Lipinski definition) is 2. The van der Waals surface area contributed by atoms with Gasteiger partial charge in [0, 0.05) is 6.54 Å². The summed E-state index contributed by atoms with van der Waals surface area (Å²) in [4.78, 5) is 0. The molecule has 0 bridgehead atoms. The molecular weight excluding hydrogens is 220 g/mol. The van der Waals surface area contributed by atoms with Gasteiger partial charge < -0.3 is 15.4 Å². The highest BCUT2D eigenvalue weighted by molar-refractivity contribution is 7.80. The summed E-state index contributed by atoms with van der Waals surface area (Å²) in [6.07, 6.45) is 5.10. The second kappa shape index (κ2) is 6.70. The lowest BCUT2D eigenvalue weighted by Crippen LogP contribution is -2.34. The third-order valence-electron chi connectivity index (χ3n) is 1.96. The van der Waals surface area contributed by atoms with E-state index in [-0.39, 0.29) is 0 Å². The third-order valence-corrected chi connectivity index (χ3v) is 2.25. The summed E-state index contributed by atoms with van der Waals surface area (Å²) in [6.45, 7) is 1.11. The Hall–Kier alpha value is -1.73. The van der Waals surface area contributed by atoms with Crippen molar-refractivity contribution in [2.75, 3.05) is 13.7 Å². The molecule has 1 aromatic rings. The van der Waals surface area contributed by atoms with E-state index in [2.05, 4.69) is 16.6 Å². The van der Waals surface area contributed by atoms with Gasteiger partial charge in [-0.3, -0.25) is 0 Å². The number of methoxy groups -OCH3 is 1. The molecular formula is C12H14N2OS. The number of benzene rings is 1. The Kier molecular flexibility index (Phi) is 5.17. The number of terminal acetylenes is 1. The Labute approximate surface area is 101 Å². The normalized spacial score (nSPS) is 9.00. The highest BCUT2D eigenvalue weighted by Gasteiger charge is 1.96. The van der Waals surface area contributed by atoms with Gasteiger partial charge in [0.05, 0.1) is 13.7 Å². The highest BCUT2D eigenvalue weighted by Crippen LogP contribution is 2.10. The van der Waals surface area contributed by atoms with Crippen LogP contribution < -0.4 is 15.4 Å². The summed E-state index contributed by atoms with van der Waals surface area (Å²) < 4.78 is 5.07. The number of rotatable bonds is 4. The highest BCUT2D eigenvalue weighted by atomic mass is 32.1. The van der Waals surface area contributed by atoms with E-state index >= 15 is 0 Å². The van der Waals surface area contributed by atoms with Crippen molar-refractivity contribution < 1.29 is 4.74 Å². The zero-order chi connectivity index (χ0) is 11.8. The van der Waals surface area contributed by atoms with Crippen molar-refractivity contribution in [1.82, 2.24) is 10.6 Å². The molecule has 0 amide bonds. The molecule has 0 atom stereocenters. The first-order valence-electron chi connectivity index (χ1n) is 4.84. The van der Waals surface area contributed by atoms with Gasteiger partial charge in [-0.15, -0.1) is 6.42 Å². The van der Waals surface area contributed by atoms with Gasteiger partial charge >= 0.3 is 0 Å². The van der Waals surface area contributed by atoms with Crippen molar-refractivity contribution in [1.29, 1.82) is 0 Å². The fourth-order valence-electron chi connectivity index (χ4n) is 1.12. The average Bonchev–Trinajstić information content (AvgIpc) is 2.34. The molecule has 0 fully saturated rings. The SMILES string of the molecule is C#CCNC(=S)NCc1ccc(OC)cc1. The summed E-state index contributed by atoms with van der Waals surface area (Å²) in [6, 6.07) is 7.79. The van der Waals surface area contributed by atoms with Crippen molar-refractivity contribution in [2.24, 2.45) is 0 Å². The fourth-order valence-corrected chi connectivity index (χ4v) is 1.26. The van der Waals surface area contributed by atoms with Crippen molar-refractivity contribution >= 4 is 17.3 Å². The third kappa shape index (κ3) is 4.20. The second-order valence-electron chi connectivity index (χ2n) is 3.09. The van der Waals surface area contributed by atoms with Crippen LogP contribution in [0.3, 0.4) is 0 Å². The van der Waals surface area contributed by atoms with Crippen LogP contribution in [-0.4, -0.2) is 18.8 Å². The Bertz CT molecular complexity index is 381. The van der Waals surface area contributed by atoms with Crippen molar-refractivity contribution in [3.63, 3.8) is 0 Å². The quantitative estimate of drug-likeness (QED) is 0.607. The van der Waals surface area contributed by atoms with Crippen LogP contribution in [0.5, 0.6) is 5.75 Å². The largest absolute Gasteiger partial charge is 0.497 e. The Balaban J connectivity index is 2.37. The molecule has 0 aliphatic carbocycles. The minimum absolute atomic E-state index is 0.439. The van der Waals surface area contributed by atoms with E-state index in [0.717, 1.165) is 11.3 Å². The molecule has 1 rings (SSSR count). The van der Waals surface area contributed by atoms with E-state index in [1.165, 1.54) is 0 Å². The van der Waals surface area contributed by atoms with Crippen LogP contribution in [0.1, 0.15) is 5.56 Å². The first-order chi connectivity index (χ1) is 7.76. The molecule has 84 valence electrons. The first kappa shape index (κ1) is 12.3. The number of hydrogen-bond donors (Lipinski definition) is 2. The van der Waals surface area contributed by atoms with E-state index in [0.29, 0.717) is 18.2 Å². The molecule has 0 heterocycles. The summed E-state index contributed by atoms with van der Waals surface area (Å²) in [5.74, 6) is 3.30. The Morgan fingerprint density at radius 2 is 2.06 bits per heavy atom. The lowest BCUT2D eigenvalue weighted by Gasteiger charge is -2.08. The molecule has 0 aromatic heterocycles. The van der Waals surface area contributed by atoms with Gasteiger partial charge in [0.1, 0.15) is 5.75 Å². The summed E-state index contributed by atoms with van der Waals surface area (Å²) >= 11 is 5.02. The molecule has 0 radical (unpaired) electrons. The molecule has 2 N–H and O–H groups in total. The molecule has 1 aromatic carbocycles. The lowest BCUT2D eigenvalue weighted by atomic mass is 10.2. The monoisotopic (exact) mass is 234 g/mol. The smallest absolute Gasteiger partial charge is 0.167 e. The van der Waals surface area contributed by atoms with Gasteiger partial charge in [-0.1, -0.05) is 18.1 Å².